The maximum Gasteiger partial charge on any atom is 0.336 e. The first kappa shape index (κ1) is 14.5. The molecule has 0 fully saturated rings. The number of aliphatic hydroxyl groups is 1. The molecular weight excluding hydrogens is 306 g/mol. The first-order valence-corrected chi connectivity index (χ1v) is 5.77. The minimum Gasteiger partial charge on any atom is -0.507 e. The minimum absolute atomic E-state index is 0.0430. The van der Waals surface area contributed by atoms with Crippen molar-refractivity contribution in [1.29, 1.82) is 0 Å². The molecule has 6 nitrogen and oxygen atoms in total. The van der Waals surface area contributed by atoms with Crippen LogP contribution in [0.2, 0.25) is 0 Å². The fourth-order valence-electron chi connectivity index (χ4n) is 1.19. The third-order valence-electron chi connectivity index (χ3n) is 2.13. The van der Waals surface area contributed by atoms with E-state index in [4.69, 9.17) is 0 Å². The molecule has 3 N–H and O–H groups in total. The number of hydrogen-bond donors (Lipinski definition) is 3. The van der Waals surface area contributed by atoms with E-state index in [0.29, 0.717) is 4.47 Å². The quantitative estimate of drug-likeness (QED) is 0.699. The van der Waals surface area contributed by atoms with Gasteiger partial charge in [-0.25, -0.2) is 4.79 Å². The van der Waals surface area contributed by atoms with Gasteiger partial charge in [-0.3, -0.25) is 4.79 Å². The van der Waals surface area contributed by atoms with E-state index in [9.17, 15) is 19.8 Å². The molecule has 18 heavy (non-hydrogen) atoms. The molecule has 0 aliphatic carbocycles. The van der Waals surface area contributed by atoms with Gasteiger partial charge < -0.3 is 20.3 Å². The van der Waals surface area contributed by atoms with Crippen molar-refractivity contribution < 1.29 is 24.5 Å². The normalized spacial score (nSPS) is 11.7. The number of benzene rings is 1. The second-order valence-corrected chi connectivity index (χ2v) is 4.33. The Morgan fingerprint density at radius 2 is 2.17 bits per heavy atom. The van der Waals surface area contributed by atoms with E-state index in [1.54, 1.807) is 6.07 Å². The lowest BCUT2D eigenvalue weighted by Gasteiger charge is -2.10. The summed E-state index contributed by atoms with van der Waals surface area (Å²) in [5.74, 6) is -1.63. The molecule has 0 heterocycles. The molecule has 0 saturated heterocycles. The summed E-state index contributed by atoms with van der Waals surface area (Å²) in [6.45, 7) is -0.294. The highest BCUT2D eigenvalue weighted by molar-refractivity contribution is 9.10. The molecule has 0 aliphatic heterocycles. The van der Waals surface area contributed by atoms with Gasteiger partial charge in [-0.05, 0) is 18.2 Å². The Labute approximate surface area is 112 Å². The fourth-order valence-corrected chi connectivity index (χ4v) is 1.56. The number of esters is 1. The van der Waals surface area contributed by atoms with E-state index in [-0.39, 0.29) is 17.9 Å². The van der Waals surface area contributed by atoms with Gasteiger partial charge in [0.1, 0.15) is 5.75 Å². The summed E-state index contributed by atoms with van der Waals surface area (Å²) in [5, 5.41) is 21.1. The topological polar surface area (TPSA) is 95.9 Å². The van der Waals surface area contributed by atoms with E-state index in [2.05, 4.69) is 26.0 Å². The largest absolute Gasteiger partial charge is 0.507 e. The van der Waals surface area contributed by atoms with Crippen LogP contribution in [0.25, 0.3) is 0 Å². The summed E-state index contributed by atoms with van der Waals surface area (Å²) >= 11 is 3.16. The number of amides is 1. The van der Waals surface area contributed by atoms with Gasteiger partial charge in [0.15, 0.2) is 6.10 Å². The highest BCUT2D eigenvalue weighted by Gasteiger charge is 2.18. The summed E-state index contributed by atoms with van der Waals surface area (Å²) in [6, 6.07) is 4.36. The Kier molecular flexibility index (Phi) is 5.11. The van der Waals surface area contributed by atoms with E-state index in [0.717, 1.165) is 7.11 Å². The van der Waals surface area contributed by atoms with E-state index >= 15 is 0 Å². The number of halogens is 1. The van der Waals surface area contributed by atoms with Crippen molar-refractivity contribution >= 4 is 27.8 Å². The van der Waals surface area contributed by atoms with Crippen LogP contribution in [0.15, 0.2) is 22.7 Å². The smallest absolute Gasteiger partial charge is 0.336 e. The van der Waals surface area contributed by atoms with Gasteiger partial charge in [0.25, 0.3) is 5.91 Å². The number of nitrogens with one attached hydrogen (secondary N) is 1. The number of carbonyl (C=O) groups is 2. The Balaban J connectivity index is 2.66. The third kappa shape index (κ3) is 3.71. The Morgan fingerprint density at radius 1 is 1.50 bits per heavy atom. The lowest BCUT2D eigenvalue weighted by atomic mass is 10.2. The van der Waals surface area contributed by atoms with Crippen LogP contribution in [-0.2, 0) is 9.53 Å². The fraction of sp³-hybridized carbons (Fsp3) is 0.273. The zero-order valence-corrected chi connectivity index (χ0v) is 11.1. The Morgan fingerprint density at radius 3 is 2.78 bits per heavy atom. The van der Waals surface area contributed by atoms with Crippen LogP contribution >= 0.6 is 15.9 Å². The number of methoxy groups -OCH3 is 1. The standard InChI is InChI=1S/C11H12BrNO5/c1-18-11(17)9(15)5-13-10(16)7-4-6(12)2-3-8(7)14/h2-4,9,14-15H,5H2,1H3,(H,13,16). The zero-order chi connectivity index (χ0) is 13.7. The van der Waals surface area contributed by atoms with Gasteiger partial charge in [-0.1, -0.05) is 15.9 Å². The molecule has 0 aromatic heterocycles. The Bertz CT molecular complexity index is 463. The molecule has 0 aliphatic rings. The molecule has 1 atom stereocenters. The van der Waals surface area contributed by atoms with Crippen LogP contribution in [0.1, 0.15) is 10.4 Å². The van der Waals surface area contributed by atoms with Crippen LogP contribution in [0.5, 0.6) is 5.75 Å². The number of aromatic hydroxyl groups is 1. The molecule has 7 heteroatoms. The van der Waals surface area contributed by atoms with Crippen molar-refractivity contribution in [3.8, 4) is 5.75 Å². The number of ether oxygens (including phenoxy) is 1. The maximum atomic E-state index is 11.7. The second-order valence-electron chi connectivity index (χ2n) is 3.41. The monoisotopic (exact) mass is 317 g/mol. The number of hydrogen-bond acceptors (Lipinski definition) is 5. The lowest BCUT2D eigenvalue weighted by Crippen LogP contribution is -2.37. The summed E-state index contributed by atoms with van der Waals surface area (Å²) in [5.41, 5.74) is 0.0430. The molecule has 0 saturated carbocycles. The number of phenolic OH excluding ortho intramolecular Hbond substituents is 1. The second kappa shape index (κ2) is 6.36. The van der Waals surface area contributed by atoms with Gasteiger partial charge in [-0.2, -0.15) is 0 Å². The molecule has 1 unspecified atom stereocenters. The van der Waals surface area contributed by atoms with Gasteiger partial charge in [0.2, 0.25) is 0 Å². The van der Waals surface area contributed by atoms with Gasteiger partial charge in [0.05, 0.1) is 19.2 Å². The number of carbonyl (C=O) groups excluding carboxylic acids is 2. The van der Waals surface area contributed by atoms with Crippen LogP contribution < -0.4 is 5.32 Å². The van der Waals surface area contributed by atoms with Crippen molar-refractivity contribution in [2.45, 2.75) is 6.10 Å². The molecule has 0 bridgehead atoms. The highest BCUT2D eigenvalue weighted by Crippen LogP contribution is 2.21. The molecular formula is C11H12BrNO5. The van der Waals surface area contributed by atoms with Crippen LogP contribution in [0.3, 0.4) is 0 Å². The first-order valence-electron chi connectivity index (χ1n) is 4.98. The van der Waals surface area contributed by atoms with Gasteiger partial charge in [-0.15, -0.1) is 0 Å². The summed E-state index contributed by atoms with van der Waals surface area (Å²) in [4.78, 5) is 22.6. The highest BCUT2D eigenvalue weighted by atomic mass is 79.9. The van der Waals surface area contributed by atoms with Crippen molar-refractivity contribution in [1.82, 2.24) is 5.32 Å². The number of rotatable bonds is 4. The summed E-state index contributed by atoms with van der Waals surface area (Å²) in [6.07, 6.45) is -1.44. The number of aliphatic hydroxyl groups excluding tert-OH is 1. The van der Waals surface area contributed by atoms with Crippen LogP contribution in [-0.4, -0.2) is 41.8 Å². The third-order valence-corrected chi connectivity index (χ3v) is 2.63. The van der Waals surface area contributed by atoms with Crippen LogP contribution in [0, 0.1) is 0 Å². The van der Waals surface area contributed by atoms with Crippen molar-refractivity contribution in [3.63, 3.8) is 0 Å². The van der Waals surface area contributed by atoms with E-state index in [1.165, 1.54) is 12.1 Å². The lowest BCUT2D eigenvalue weighted by molar-refractivity contribution is -0.149. The summed E-state index contributed by atoms with van der Waals surface area (Å²) in [7, 11) is 1.13. The predicted molar refractivity (Wildman–Crippen MR) is 66.2 cm³/mol. The molecule has 98 valence electrons. The van der Waals surface area contributed by atoms with Gasteiger partial charge >= 0.3 is 5.97 Å². The van der Waals surface area contributed by atoms with E-state index < -0.39 is 18.0 Å². The average Bonchev–Trinajstić information content (AvgIpc) is 2.37. The average molecular weight is 318 g/mol. The van der Waals surface area contributed by atoms with Crippen molar-refractivity contribution in [2.24, 2.45) is 0 Å². The first-order chi connectivity index (χ1) is 8.45. The van der Waals surface area contributed by atoms with Crippen LogP contribution in [0.4, 0.5) is 0 Å². The molecule has 1 aromatic rings. The zero-order valence-electron chi connectivity index (χ0n) is 9.51. The molecule has 1 aromatic carbocycles. The molecule has 1 amide bonds. The molecule has 0 spiro atoms. The van der Waals surface area contributed by atoms with Crippen molar-refractivity contribution in [2.75, 3.05) is 13.7 Å². The van der Waals surface area contributed by atoms with Crippen molar-refractivity contribution in [3.05, 3.63) is 28.2 Å². The van der Waals surface area contributed by atoms with Gasteiger partial charge in [0, 0.05) is 4.47 Å². The predicted octanol–water partition coefficient (Wildman–Crippen LogP) is 0.418. The Hall–Kier alpha value is -1.60. The number of phenols is 1. The minimum atomic E-state index is -1.44. The summed E-state index contributed by atoms with van der Waals surface area (Å²) < 4.78 is 4.92. The molecule has 1 rings (SSSR count). The maximum absolute atomic E-state index is 11.7. The molecule has 0 radical (unpaired) electrons. The van der Waals surface area contributed by atoms with E-state index in [1.807, 2.05) is 0 Å². The SMILES string of the molecule is COC(=O)C(O)CNC(=O)c1cc(Br)ccc1O.